The average Bonchev–Trinajstić information content (AvgIpc) is 2.72. The fourth-order valence-corrected chi connectivity index (χ4v) is 3.40. The number of hydrogen-bond donors (Lipinski definition) is 3. The molecule has 0 aliphatic heterocycles. The average molecular weight is 411 g/mol. The highest BCUT2D eigenvalue weighted by molar-refractivity contribution is 6.33. The second-order valence-electron chi connectivity index (χ2n) is 7.26. The number of halogens is 1. The van der Waals surface area contributed by atoms with E-state index in [0.29, 0.717) is 10.4 Å². The summed E-state index contributed by atoms with van der Waals surface area (Å²) < 4.78 is 0. The molecule has 1 heterocycles. The van der Waals surface area contributed by atoms with Crippen LogP contribution in [0.5, 0.6) is 0 Å². The Labute approximate surface area is 176 Å². The van der Waals surface area contributed by atoms with Gasteiger partial charge in [0, 0.05) is 24.0 Å². The first-order valence-electron chi connectivity index (χ1n) is 9.92. The van der Waals surface area contributed by atoms with Gasteiger partial charge in [-0.1, -0.05) is 54.4 Å². The van der Waals surface area contributed by atoms with Crippen molar-refractivity contribution in [2.24, 2.45) is 0 Å². The van der Waals surface area contributed by atoms with Gasteiger partial charge in [-0.2, -0.15) is 5.10 Å². The number of fused-ring (bicyclic) bond motifs is 1. The van der Waals surface area contributed by atoms with Crippen molar-refractivity contribution in [1.29, 1.82) is 0 Å². The molecule has 3 aromatic rings. The van der Waals surface area contributed by atoms with E-state index in [9.17, 15) is 4.79 Å². The van der Waals surface area contributed by atoms with Crippen LogP contribution in [-0.2, 0) is 0 Å². The minimum absolute atomic E-state index is 0.186. The van der Waals surface area contributed by atoms with Crippen molar-refractivity contribution in [3.63, 3.8) is 0 Å². The number of unbranched alkanes of at least 4 members (excludes halogenated alkanes) is 2. The topological polar surface area (TPSA) is 69.8 Å². The van der Waals surface area contributed by atoms with Crippen molar-refractivity contribution in [2.75, 3.05) is 25.0 Å². The highest BCUT2D eigenvalue weighted by Crippen LogP contribution is 2.30. The summed E-state index contributed by atoms with van der Waals surface area (Å²) in [6.45, 7) is 8.66. The third kappa shape index (κ3) is 5.68. The number of nitrogens with one attached hydrogen (secondary N) is 3. The summed E-state index contributed by atoms with van der Waals surface area (Å²) in [5, 5.41) is 15.8. The van der Waals surface area contributed by atoms with Crippen LogP contribution in [0, 0.1) is 0 Å². The summed E-state index contributed by atoms with van der Waals surface area (Å²) in [5.74, 6) is 0. The summed E-state index contributed by atoms with van der Waals surface area (Å²) in [4.78, 5) is 12.0. The zero-order valence-electron chi connectivity index (χ0n) is 16.7. The Morgan fingerprint density at radius 3 is 2.66 bits per heavy atom. The first-order chi connectivity index (χ1) is 14.1. The summed E-state index contributed by atoms with van der Waals surface area (Å²) in [6.07, 6.45) is 3.34. The molecule has 0 amide bonds. The molecule has 0 saturated carbocycles. The molecule has 29 heavy (non-hydrogen) atoms. The zero-order valence-corrected chi connectivity index (χ0v) is 17.5. The van der Waals surface area contributed by atoms with E-state index in [4.69, 9.17) is 11.6 Å². The van der Waals surface area contributed by atoms with E-state index >= 15 is 0 Å². The Balaban J connectivity index is 1.63. The van der Waals surface area contributed by atoms with Crippen molar-refractivity contribution < 1.29 is 0 Å². The van der Waals surface area contributed by atoms with Crippen LogP contribution in [0.4, 0.5) is 5.69 Å². The van der Waals surface area contributed by atoms with E-state index in [1.807, 2.05) is 43.3 Å². The molecule has 0 unspecified atom stereocenters. The molecule has 3 N–H and O–H groups in total. The Hall–Kier alpha value is -2.63. The summed E-state index contributed by atoms with van der Waals surface area (Å²) >= 11 is 6.38. The van der Waals surface area contributed by atoms with Crippen molar-refractivity contribution >= 4 is 28.1 Å². The summed E-state index contributed by atoms with van der Waals surface area (Å²) in [6, 6.07) is 13.3. The molecule has 0 radical (unpaired) electrons. The molecule has 5 nitrogen and oxygen atoms in total. The van der Waals surface area contributed by atoms with E-state index < -0.39 is 0 Å². The lowest BCUT2D eigenvalue weighted by Gasteiger charge is -2.11. The van der Waals surface area contributed by atoms with Gasteiger partial charge in [-0.05, 0) is 44.5 Å². The molecule has 1 aromatic heterocycles. The van der Waals surface area contributed by atoms with Gasteiger partial charge >= 0.3 is 0 Å². The van der Waals surface area contributed by atoms with Crippen LogP contribution in [0.15, 0.2) is 59.4 Å². The minimum Gasteiger partial charge on any atom is -0.384 e. The number of anilines is 1. The van der Waals surface area contributed by atoms with Crippen molar-refractivity contribution in [1.82, 2.24) is 15.5 Å². The van der Waals surface area contributed by atoms with E-state index in [0.717, 1.165) is 66.8 Å². The van der Waals surface area contributed by atoms with Crippen LogP contribution in [0.2, 0.25) is 5.02 Å². The SMILES string of the molecule is C=C(C)CNCCCCCNc1cc(-c2n[nH]c(=O)c3ccccc23)ccc1Cl. The molecule has 0 fully saturated rings. The Kier molecular flexibility index (Phi) is 7.44. The van der Waals surface area contributed by atoms with Crippen molar-refractivity contribution in [3.8, 4) is 11.3 Å². The number of nitrogens with zero attached hydrogens (tertiary/aromatic N) is 1. The van der Waals surface area contributed by atoms with Crippen LogP contribution in [0.3, 0.4) is 0 Å². The standard InChI is InChI=1S/C23H27ClN4O/c1-16(2)15-25-12-6-3-7-13-26-21-14-17(10-11-20(21)24)22-18-8-4-5-9-19(18)23(29)28-27-22/h4-5,8-11,14,25-26H,1,3,6-7,12-13,15H2,2H3,(H,28,29). The molecule has 6 heteroatoms. The number of hydrogen-bond acceptors (Lipinski definition) is 4. The molecular weight excluding hydrogens is 384 g/mol. The van der Waals surface area contributed by atoms with Gasteiger partial charge in [0.25, 0.3) is 5.56 Å². The highest BCUT2D eigenvalue weighted by atomic mass is 35.5. The quantitative estimate of drug-likeness (QED) is 0.325. The monoisotopic (exact) mass is 410 g/mol. The van der Waals surface area contributed by atoms with E-state index in [1.165, 1.54) is 0 Å². The van der Waals surface area contributed by atoms with Gasteiger partial charge in [-0.25, -0.2) is 5.10 Å². The molecule has 2 aromatic carbocycles. The lowest BCUT2D eigenvalue weighted by atomic mass is 10.0. The van der Waals surface area contributed by atoms with Gasteiger partial charge in [0.1, 0.15) is 0 Å². The Morgan fingerprint density at radius 1 is 1.10 bits per heavy atom. The van der Waals surface area contributed by atoms with E-state index in [2.05, 4.69) is 27.4 Å². The maximum absolute atomic E-state index is 12.0. The normalized spacial score (nSPS) is 11.0. The molecule has 0 aliphatic carbocycles. The lowest BCUT2D eigenvalue weighted by Crippen LogP contribution is -2.17. The van der Waals surface area contributed by atoms with Crippen LogP contribution in [-0.4, -0.2) is 29.8 Å². The molecule has 0 spiro atoms. The fourth-order valence-electron chi connectivity index (χ4n) is 3.22. The first-order valence-corrected chi connectivity index (χ1v) is 10.3. The fraction of sp³-hybridized carbons (Fsp3) is 0.304. The van der Waals surface area contributed by atoms with Crippen LogP contribution < -0.4 is 16.2 Å². The van der Waals surface area contributed by atoms with E-state index in [1.54, 1.807) is 6.07 Å². The van der Waals surface area contributed by atoms with Crippen molar-refractivity contribution in [2.45, 2.75) is 26.2 Å². The number of H-pyrrole nitrogens is 1. The predicted molar refractivity (Wildman–Crippen MR) is 123 cm³/mol. The minimum atomic E-state index is -0.186. The number of aromatic nitrogens is 2. The van der Waals surface area contributed by atoms with Gasteiger partial charge < -0.3 is 10.6 Å². The van der Waals surface area contributed by atoms with Gasteiger partial charge in [0.05, 0.1) is 21.8 Å². The smallest absolute Gasteiger partial charge is 0.272 e. The maximum Gasteiger partial charge on any atom is 0.272 e. The number of benzene rings is 2. The van der Waals surface area contributed by atoms with Crippen LogP contribution in [0.1, 0.15) is 26.2 Å². The molecule has 0 atom stereocenters. The molecule has 0 aliphatic rings. The van der Waals surface area contributed by atoms with E-state index in [-0.39, 0.29) is 5.56 Å². The Bertz CT molecular complexity index is 1040. The molecule has 152 valence electrons. The van der Waals surface area contributed by atoms with Crippen molar-refractivity contribution in [3.05, 3.63) is 70.0 Å². The van der Waals surface area contributed by atoms with Gasteiger partial charge in [0.15, 0.2) is 0 Å². The van der Waals surface area contributed by atoms with Gasteiger partial charge in [-0.3, -0.25) is 4.79 Å². The predicted octanol–water partition coefficient (Wildman–Crippen LogP) is 4.99. The second-order valence-corrected chi connectivity index (χ2v) is 7.67. The lowest BCUT2D eigenvalue weighted by molar-refractivity contribution is 0.632. The molecular formula is C23H27ClN4O. The molecule has 3 rings (SSSR count). The second kappa shape index (κ2) is 10.2. The zero-order chi connectivity index (χ0) is 20.6. The maximum atomic E-state index is 12.0. The number of aromatic amines is 1. The van der Waals surface area contributed by atoms with Gasteiger partial charge in [0.2, 0.25) is 0 Å². The van der Waals surface area contributed by atoms with Crippen LogP contribution in [0.25, 0.3) is 22.0 Å². The largest absolute Gasteiger partial charge is 0.384 e. The third-order valence-corrected chi connectivity index (χ3v) is 5.04. The Morgan fingerprint density at radius 2 is 1.86 bits per heavy atom. The number of rotatable bonds is 10. The molecule has 0 saturated heterocycles. The molecule has 0 bridgehead atoms. The summed E-state index contributed by atoms with van der Waals surface area (Å²) in [5.41, 5.74) is 3.50. The first kappa shape index (κ1) is 21.1. The van der Waals surface area contributed by atoms with Gasteiger partial charge in [-0.15, -0.1) is 0 Å². The summed E-state index contributed by atoms with van der Waals surface area (Å²) in [7, 11) is 0. The van der Waals surface area contributed by atoms with Crippen LogP contribution >= 0.6 is 11.6 Å². The third-order valence-electron chi connectivity index (χ3n) is 4.71. The highest BCUT2D eigenvalue weighted by Gasteiger charge is 2.10.